The molecule has 5 aromatic rings. The van der Waals surface area contributed by atoms with E-state index < -0.39 is 47.1 Å². The highest BCUT2D eigenvalue weighted by Crippen LogP contribution is 2.28. The van der Waals surface area contributed by atoms with Crippen molar-refractivity contribution in [2.75, 3.05) is 26.9 Å². The summed E-state index contributed by atoms with van der Waals surface area (Å²) < 4.78 is 73.3. The highest BCUT2D eigenvalue weighted by Gasteiger charge is 2.17. The van der Waals surface area contributed by atoms with E-state index >= 15 is 0 Å². The molecular formula is C43H42Br2F4O9S2. The Hall–Kier alpha value is -4.84. The molecule has 0 aliphatic carbocycles. The van der Waals surface area contributed by atoms with Gasteiger partial charge in [0.2, 0.25) is 0 Å². The van der Waals surface area contributed by atoms with E-state index in [1.165, 1.54) is 60.3 Å². The van der Waals surface area contributed by atoms with E-state index in [2.05, 4.69) is 54.0 Å². The van der Waals surface area contributed by atoms with Crippen molar-refractivity contribution >= 4 is 80.1 Å². The van der Waals surface area contributed by atoms with Crippen LogP contribution in [0.2, 0.25) is 0 Å². The van der Waals surface area contributed by atoms with Gasteiger partial charge in [-0.2, -0.15) is 0 Å². The minimum atomic E-state index is -1.26. The van der Waals surface area contributed by atoms with E-state index in [1.807, 2.05) is 24.3 Å². The lowest BCUT2D eigenvalue weighted by molar-refractivity contribution is 0.0510. The Morgan fingerprint density at radius 2 is 1.00 bits per heavy atom. The Kier molecular flexibility index (Phi) is 24.7. The van der Waals surface area contributed by atoms with Crippen LogP contribution >= 0.6 is 56.3 Å². The molecule has 1 N–H and O–H groups in total. The Labute approximate surface area is 372 Å². The van der Waals surface area contributed by atoms with E-state index in [9.17, 15) is 36.7 Å². The highest BCUT2D eigenvalue weighted by atomic mass is 79.9. The smallest absolute Gasteiger partial charge is 0.341 e. The van der Waals surface area contributed by atoms with Crippen LogP contribution in [0.4, 0.5) is 17.6 Å². The fourth-order valence-electron chi connectivity index (χ4n) is 4.30. The molecule has 322 valence electrons. The molecule has 0 atom stereocenters. The summed E-state index contributed by atoms with van der Waals surface area (Å²) in [6.45, 7) is 5.73. The predicted molar refractivity (Wildman–Crippen MR) is 232 cm³/mol. The first-order valence-electron chi connectivity index (χ1n) is 17.3. The van der Waals surface area contributed by atoms with Gasteiger partial charge in [0.15, 0.2) is 23.3 Å². The van der Waals surface area contributed by atoms with Gasteiger partial charge in [-0.15, -0.1) is 24.4 Å². The standard InChI is InChI=1S/C17H17FO3S.C9H8BrFO2.C9H9FO2S.C7H4BrFO2.CH4/c1-3-21-17(19)14-5-4-6-15(16(14)18)22-11-12-7-9-13(20-2)10-8-12;1-2-13-9(12)6-4-3-5-7(10)8(6)11;1-2-12-9(11)6-4-3-5-7(13)8(6)10;8-5-3-1-2-4(6(5)9)7(10)11;/h4-10H,3,11H2,1-2H3;3-5H,2H2,1H3;3-5,13H,2H2,1H3;1-3H,(H,10,11);1H4. The van der Waals surface area contributed by atoms with E-state index in [4.69, 9.17) is 14.6 Å². The fourth-order valence-corrected chi connectivity index (χ4v) is 6.16. The van der Waals surface area contributed by atoms with Gasteiger partial charge in [-0.3, -0.25) is 0 Å². The van der Waals surface area contributed by atoms with Gasteiger partial charge in [-0.05, 0) is 119 Å². The maximum atomic E-state index is 14.3. The van der Waals surface area contributed by atoms with Crippen LogP contribution in [0.25, 0.3) is 0 Å². The van der Waals surface area contributed by atoms with Gasteiger partial charge in [0.1, 0.15) is 5.75 Å². The number of rotatable bonds is 11. The van der Waals surface area contributed by atoms with Crippen LogP contribution in [-0.4, -0.2) is 55.9 Å². The molecule has 0 amide bonds. The van der Waals surface area contributed by atoms with Gasteiger partial charge in [-0.25, -0.2) is 36.7 Å². The number of benzene rings is 5. The molecule has 0 bridgehead atoms. The van der Waals surface area contributed by atoms with Crippen LogP contribution in [0.5, 0.6) is 5.75 Å². The second-order valence-corrected chi connectivity index (χ2v) is 14.3. The third kappa shape index (κ3) is 16.7. The van der Waals surface area contributed by atoms with Gasteiger partial charge in [0.25, 0.3) is 0 Å². The minimum Gasteiger partial charge on any atom is -0.497 e. The molecular weight excluding hydrogens is 960 g/mol. The number of ether oxygens (including phenoxy) is 4. The first-order valence-corrected chi connectivity index (χ1v) is 20.3. The Bertz CT molecular complexity index is 2130. The molecule has 0 aromatic heterocycles. The molecule has 0 spiro atoms. The summed E-state index contributed by atoms with van der Waals surface area (Å²) in [5.41, 5.74) is 0.582. The number of carboxylic acids is 1. The van der Waals surface area contributed by atoms with Crippen molar-refractivity contribution in [1.29, 1.82) is 0 Å². The molecule has 0 saturated carbocycles. The molecule has 0 radical (unpaired) electrons. The summed E-state index contributed by atoms with van der Waals surface area (Å²) >= 11 is 11.0. The number of hydrogen-bond acceptors (Lipinski definition) is 10. The topological polar surface area (TPSA) is 125 Å². The molecule has 0 heterocycles. The van der Waals surface area contributed by atoms with E-state index in [0.29, 0.717) is 10.6 Å². The van der Waals surface area contributed by atoms with Crippen molar-refractivity contribution in [2.45, 2.75) is 43.7 Å². The van der Waals surface area contributed by atoms with Crippen molar-refractivity contribution in [1.82, 2.24) is 0 Å². The van der Waals surface area contributed by atoms with Crippen molar-refractivity contribution in [2.24, 2.45) is 0 Å². The van der Waals surface area contributed by atoms with E-state index in [1.54, 1.807) is 52.1 Å². The number of carboxylic acid groups (broad SMARTS) is 1. The van der Waals surface area contributed by atoms with Crippen molar-refractivity contribution < 1.29 is 60.8 Å². The third-order valence-corrected chi connectivity index (χ3v) is 9.79. The fraction of sp³-hybridized carbons (Fsp3) is 0.209. The average molecular weight is 1000 g/mol. The molecule has 5 aromatic carbocycles. The Morgan fingerprint density at radius 1 is 0.600 bits per heavy atom. The van der Waals surface area contributed by atoms with E-state index in [0.717, 1.165) is 11.3 Å². The molecule has 0 fully saturated rings. The van der Waals surface area contributed by atoms with Gasteiger partial charge in [-0.1, -0.05) is 43.8 Å². The summed E-state index contributed by atoms with van der Waals surface area (Å²) in [5, 5.41) is 8.43. The predicted octanol–water partition coefficient (Wildman–Crippen LogP) is 12.3. The van der Waals surface area contributed by atoms with Gasteiger partial charge in [0.05, 0.1) is 58.1 Å². The number of carbonyl (C=O) groups excluding carboxylic acids is 3. The molecule has 5 rings (SSSR count). The van der Waals surface area contributed by atoms with Crippen LogP contribution in [0.1, 0.15) is 75.2 Å². The molecule has 0 aliphatic rings. The quantitative estimate of drug-likeness (QED) is 0.0434. The monoisotopic (exact) mass is 1000 g/mol. The van der Waals surface area contributed by atoms with Crippen LogP contribution in [0.3, 0.4) is 0 Å². The number of carbonyl (C=O) groups is 4. The Morgan fingerprint density at radius 3 is 1.43 bits per heavy atom. The largest absolute Gasteiger partial charge is 0.497 e. The summed E-state index contributed by atoms with van der Waals surface area (Å²) in [6.07, 6.45) is 0. The molecule has 60 heavy (non-hydrogen) atoms. The van der Waals surface area contributed by atoms with Crippen LogP contribution < -0.4 is 4.74 Å². The van der Waals surface area contributed by atoms with Crippen LogP contribution in [0.15, 0.2) is 116 Å². The normalized spacial score (nSPS) is 9.78. The molecule has 9 nitrogen and oxygen atoms in total. The summed E-state index contributed by atoms with van der Waals surface area (Å²) in [5.74, 6) is -4.28. The van der Waals surface area contributed by atoms with Gasteiger partial charge >= 0.3 is 23.9 Å². The number of halogens is 6. The average Bonchev–Trinajstić information content (AvgIpc) is 3.21. The number of thiol groups is 1. The summed E-state index contributed by atoms with van der Waals surface area (Å²) in [4.78, 5) is 44.8. The minimum absolute atomic E-state index is 0. The highest BCUT2D eigenvalue weighted by molar-refractivity contribution is 9.10. The van der Waals surface area contributed by atoms with Crippen LogP contribution in [-0.2, 0) is 20.0 Å². The van der Waals surface area contributed by atoms with Gasteiger partial charge in [0, 0.05) is 15.5 Å². The molecule has 0 aliphatic heterocycles. The van der Waals surface area contributed by atoms with Crippen LogP contribution in [0, 0.1) is 23.3 Å². The summed E-state index contributed by atoms with van der Waals surface area (Å²) in [6, 6.07) is 25.4. The van der Waals surface area contributed by atoms with Gasteiger partial charge < -0.3 is 24.1 Å². The molecule has 0 unspecified atom stereocenters. The first-order chi connectivity index (χ1) is 28.1. The lowest BCUT2D eigenvalue weighted by atomic mass is 10.2. The number of methoxy groups -OCH3 is 1. The molecule has 17 heteroatoms. The van der Waals surface area contributed by atoms with Crippen molar-refractivity contribution in [3.8, 4) is 5.75 Å². The zero-order chi connectivity index (χ0) is 44.1. The lowest BCUT2D eigenvalue weighted by Gasteiger charge is -2.08. The zero-order valence-electron chi connectivity index (χ0n) is 31.9. The maximum Gasteiger partial charge on any atom is 0.341 e. The first kappa shape index (κ1) is 53.2. The SMILES string of the molecule is C.CCOC(=O)c1cccc(Br)c1F.CCOC(=O)c1cccc(S)c1F.CCOC(=O)c1cccc(SCc2ccc(OC)cc2)c1F.O=C(O)c1cccc(Br)c1F. The second-order valence-electron chi connectivity index (χ2n) is 11.1. The van der Waals surface area contributed by atoms with Crippen molar-refractivity contribution in [3.05, 3.63) is 157 Å². The second kappa shape index (κ2) is 27.8. The Balaban J connectivity index is 0.000000415. The maximum absolute atomic E-state index is 14.3. The summed E-state index contributed by atoms with van der Waals surface area (Å²) in [7, 11) is 1.61. The van der Waals surface area contributed by atoms with Crippen molar-refractivity contribution in [3.63, 3.8) is 0 Å². The number of thioether (sulfide) groups is 1. The third-order valence-electron chi connectivity index (χ3n) is 7.11. The number of hydrogen-bond donors (Lipinski definition) is 2. The zero-order valence-corrected chi connectivity index (χ0v) is 36.8. The van der Waals surface area contributed by atoms with E-state index in [-0.39, 0.29) is 63.3 Å². The lowest BCUT2D eigenvalue weighted by Crippen LogP contribution is -2.07. The molecule has 0 saturated heterocycles. The number of esters is 3. The number of aromatic carboxylic acids is 1.